The van der Waals surface area contributed by atoms with E-state index in [-0.39, 0.29) is 43.7 Å². The zero-order chi connectivity index (χ0) is 22.9. The molecular formula is C24H36N2O6. The molecule has 178 valence electrons. The first kappa shape index (κ1) is 23.2. The maximum atomic E-state index is 14.1. The molecule has 4 rings (SSSR count). The number of fused-ring (bicyclic) bond motifs is 1. The lowest BCUT2D eigenvalue weighted by atomic mass is 9.70. The van der Waals surface area contributed by atoms with Gasteiger partial charge in [-0.05, 0) is 39.0 Å². The molecular weight excluding hydrogens is 412 g/mol. The van der Waals surface area contributed by atoms with E-state index in [0.717, 1.165) is 25.7 Å². The molecule has 3 heterocycles. The maximum absolute atomic E-state index is 14.1. The monoisotopic (exact) mass is 448 g/mol. The van der Waals surface area contributed by atoms with Crippen LogP contribution in [0.15, 0.2) is 12.7 Å². The highest BCUT2D eigenvalue weighted by Gasteiger charge is 2.75. The Labute approximate surface area is 189 Å². The molecule has 8 heteroatoms. The number of rotatable bonds is 9. The van der Waals surface area contributed by atoms with Crippen LogP contribution >= 0.6 is 0 Å². The van der Waals surface area contributed by atoms with Crippen LogP contribution in [0.2, 0.25) is 0 Å². The number of carbonyl (C=O) groups excluding carboxylic acids is 3. The second kappa shape index (κ2) is 9.51. The largest absolute Gasteiger partial charge is 0.466 e. The standard InChI is InChI=1S/C24H36N2O6/c1-3-13-25(16-9-6-5-7-10-16)22(29)20-24-12-11-17(32-24)18(23(30)31-4-2)19(24)21(28)26(20)14-8-15-27/h3,16-20,27H,1,4-15H2,2H3/t17-,18+,19+,20-,24+/m1/s1. The third-order valence-corrected chi connectivity index (χ3v) is 7.77. The second-order valence-electron chi connectivity index (χ2n) is 9.49. The molecule has 32 heavy (non-hydrogen) atoms. The fourth-order valence-electron chi connectivity index (χ4n) is 6.53. The summed E-state index contributed by atoms with van der Waals surface area (Å²) in [4.78, 5) is 44.0. The molecule has 0 aromatic carbocycles. The van der Waals surface area contributed by atoms with Crippen molar-refractivity contribution >= 4 is 17.8 Å². The average Bonchev–Trinajstić information content (AvgIpc) is 3.44. The first-order chi connectivity index (χ1) is 15.5. The highest BCUT2D eigenvalue weighted by Crippen LogP contribution is 2.58. The predicted octanol–water partition coefficient (Wildman–Crippen LogP) is 1.65. The summed E-state index contributed by atoms with van der Waals surface area (Å²) in [6.45, 7) is 6.45. The van der Waals surface area contributed by atoms with E-state index in [2.05, 4.69) is 6.58 Å². The fraction of sp³-hybridized carbons (Fsp3) is 0.792. The highest BCUT2D eigenvalue weighted by molar-refractivity contribution is 5.98. The summed E-state index contributed by atoms with van der Waals surface area (Å²) in [5.74, 6) is -2.13. The normalized spacial score (nSPS) is 33.9. The van der Waals surface area contributed by atoms with Gasteiger partial charge in [0.25, 0.3) is 0 Å². The molecule has 3 saturated heterocycles. The summed E-state index contributed by atoms with van der Waals surface area (Å²) < 4.78 is 11.7. The fourth-order valence-corrected chi connectivity index (χ4v) is 6.53. The summed E-state index contributed by atoms with van der Waals surface area (Å²) in [6.07, 6.45) is 8.17. The van der Waals surface area contributed by atoms with Crippen molar-refractivity contribution in [3.05, 3.63) is 12.7 Å². The molecule has 0 aromatic rings. The van der Waals surface area contributed by atoms with Gasteiger partial charge in [0, 0.05) is 25.7 Å². The van der Waals surface area contributed by atoms with E-state index in [4.69, 9.17) is 9.47 Å². The second-order valence-corrected chi connectivity index (χ2v) is 9.49. The number of hydrogen-bond acceptors (Lipinski definition) is 6. The smallest absolute Gasteiger partial charge is 0.312 e. The Morgan fingerprint density at radius 2 is 2.06 bits per heavy atom. The van der Waals surface area contributed by atoms with Crippen molar-refractivity contribution in [1.82, 2.24) is 9.80 Å². The molecule has 8 nitrogen and oxygen atoms in total. The Kier molecular flexibility index (Phi) is 6.91. The molecule has 1 saturated carbocycles. The molecule has 2 amide bonds. The van der Waals surface area contributed by atoms with E-state index in [1.54, 1.807) is 17.9 Å². The molecule has 3 aliphatic heterocycles. The SMILES string of the molecule is C=CCN(C(=O)[C@H]1N(CCCO)C(=O)[C@@H]2[C@@H](C(=O)OCC)[C@H]3CC[C@]21O3)C1CCCCC1. The highest BCUT2D eigenvalue weighted by atomic mass is 16.6. The van der Waals surface area contributed by atoms with Gasteiger partial charge in [0.15, 0.2) is 0 Å². The van der Waals surface area contributed by atoms with Crippen LogP contribution in [0, 0.1) is 11.8 Å². The minimum atomic E-state index is -1.00. The van der Waals surface area contributed by atoms with Crippen molar-refractivity contribution in [2.75, 3.05) is 26.3 Å². The summed E-state index contributed by atoms with van der Waals surface area (Å²) in [6, 6.07) is -0.656. The molecule has 4 fully saturated rings. The maximum Gasteiger partial charge on any atom is 0.312 e. The van der Waals surface area contributed by atoms with Crippen molar-refractivity contribution in [2.24, 2.45) is 11.8 Å². The van der Waals surface area contributed by atoms with Gasteiger partial charge in [0.05, 0.1) is 24.5 Å². The number of ether oxygens (including phenoxy) is 2. The molecule has 5 atom stereocenters. The first-order valence-corrected chi connectivity index (χ1v) is 12.2. The van der Waals surface area contributed by atoms with Gasteiger partial charge in [-0.2, -0.15) is 0 Å². The van der Waals surface area contributed by atoms with Gasteiger partial charge < -0.3 is 24.4 Å². The van der Waals surface area contributed by atoms with Gasteiger partial charge in [-0.1, -0.05) is 25.3 Å². The van der Waals surface area contributed by atoms with Crippen LogP contribution in [0.5, 0.6) is 0 Å². The molecule has 1 N–H and O–H groups in total. The van der Waals surface area contributed by atoms with E-state index in [0.29, 0.717) is 25.8 Å². The van der Waals surface area contributed by atoms with Crippen LogP contribution in [0.1, 0.15) is 58.3 Å². The van der Waals surface area contributed by atoms with Crippen LogP contribution in [-0.4, -0.2) is 82.8 Å². The molecule has 0 unspecified atom stereocenters. The van der Waals surface area contributed by atoms with Crippen molar-refractivity contribution in [3.8, 4) is 0 Å². The lowest BCUT2D eigenvalue weighted by Crippen LogP contribution is -2.58. The zero-order valence-corrected chi connectivity index (χ0v) is 19.0. The van der Waals surface area contributed by atoms with Gasteiger partial charge in [0.2, 0.25) is 11.8 Å². The Balaban J connectivity index is 1.69. The first-order valence-electron chi connectivity index (χ1n) is 12.2. The van der Waals surface area contributed by atoms with Gasteiger partial charge in [-0.15, -0.1) is 6.58 Å². The van der Waals surface area contributed by atoms with Gasteiger partial charge >= 0.3 is 5.97 Å². The summed E-state index contributed by atoms with van der Waals surface area (Å²) in [5, 5.41) is 9.43. The number of esters is 1. The number of aliphatic hydroxyl groups excluding tert-OH is 1. The quantitative estimate of drug-likeness (QED) is 0.426. The minimum absolute atomic E-state index is 0.0772. The number of hydrogen-bond donors (Lipinski definition) is 1. The number of amides is 2. The van der Waals surface area contributed by atoms with Crippen molar-refractivity contribution < 1.29 is 29.0 Å². The predicted molar refractivity (Wildman–Crippen MR) is 116 cm³/mol. The lowest BCUT2D eigenvalue weighted by Gasteiger charge is -2.40. The molecule has 2 bridgehead atoms. The van der Waals surface area contributed by atoms with E-state index < -0.39 is 29.4 Å². The molecule has 4 aliphatic rings. The van der Waals surface area contributed by atoms with E-state index in [1.165, 1.54) is 6.42 Å². The summed E-state index contributed by atoms with van der Waals surface area (Å²) in [7, 11) is 0. The third-order valence-electron chi connectivity index (χ3n) is 7.77. The van der Waals surface area contributed by atoms with E-state index in [9.17, 15) is 19.5 Å². The number of nitrogens with zero attached hydrogens (tertiary/aromatic N) is 2. The molecule has 0 radical (unpaired) electrons. The van der Waals surface area contributed by atoms with Crippen LogP contribution < -0.4 is 0 Å². The van der Waals surface area contributed by atoms with Crippen molar-refractivity contribution in [1.29, 1.82) is 0 Å². The van der Waals surface area contributed by atoms with Gasteiger partial charge in [-0.25, -0.2) is 0 Å². The molecule has 1 aliphatic carbocycles. The average molecular weight is 449 g/mol. The Morgan fingerprint density at radius 1 is 1.31 bits per heavy atom. The van der Waals surface area contributed by atoms with Crippen molar-refractivity contribution in [3.63, 3.8) is 0 Å². The van der Waals surface area contributed by atoms with Crippen LogP contribution in [-0.2, 0) is 23.9 Å². The van der Waals surface area contributed by atoms with Crippen LogP contribution in [0.25, 0.3) is 0 Å². The Hall–Kier alpha value is -1.93. The third kappa shape index (κ3) is 3.65. The molecule has 1 spiro atoms. The van der Waals surface area contributed by atoms with Gasteiger partial charge in [-0.3, -0.25) is 14.4 Å². The zero-order valence-electron chi connectivity index (χ0n) is 19.0. The van der Waals surface area contributed by atoms with Crippen LogP contribution in [0.3, 0.4) is 0 Å². The molecule has 0 aromatic heterocycles. The lowest BCUT2D eigenvalue weighted by molar-refractivity contribution is -0.155. The van der Waals surface area contributed by atoms with Crippen LogP contribution in [0.4, 0.5) is 0 Å². The Morgan fingerprint density at radius 3 is 2.72 bits per heavy atom. The number of likely N-dealkylation sites (tertiary alicyclic amines) is 1. The van der Waals surface area contributed by atoms with Gasteiger partial charge in [0.1, 0.15) is 11.6 Å². The topological polar surface area (TPSA) is 96.4 Å². The van der Waals surface area contributed by atoms with Crippen molar-refractivity contribution in [2.45, 2.75) is 82.1 Å². The summed E-state index contributed by atoms with van der Waals surface area (Å²) in [5.41, 5.74) is -1.00. The number of aliphatic hydroxyl groups is 1. The summed E-state index contributed by atoms with van der Waals surface area (Å²) >= 11 is 0. The van der Waals surface area contributed by atoms with E-state index in [1.807, 2.05) is 4.90 Å². The minimum Gasteiger partial charge on any atom is -0.466 e. The van der Waals surface area contributed by atoms with E-state index >= 15 is 0 Å². The number of carbonyl (C=O) groups is 3. The Bertz CT molecular complexity index is 751.